The van der Waals surface area contributed by atoms with Crippen LogP contribution in [0, 0.1) is 12.3 Å². The number of hydrogen-bond acceptors (Lipinski definition) is 6. The predicted molar refractivity (Wildman–Crippen MR) is 149 cm³/mol. The quantitative estimate of drug-likeness (QED) is 0.263. The molecule has 0 saturated carbocycles. The van der Waals surface area contributed by atoms with Crippen LogP contribution in [0.4, 0.5) is 10.6 Å². The van der Waals surface area contributed by atoms with Gasteiger partial charge in [-0.15, -0.1) is 0 Å². The van der Waals surface area contributed by atoms with Crippen LogP contribution >= 0.6 is 0 Å². The maximum absolute atomic E-state index is 12.7. The third kappa shape index (κ3) is 7.04. The van der Waals surface area contributed by atoms with E-state index in [2.05, 4.69) is 49.1 Å². The number of benzene rings is 1. The zero-order valence-corrected chi connectivity index (χ0v) is 24.4. The number of hydrogen-bond donors (Lipinski definition) is 1. The minimum atomic E-state index is -0.919. The van der Waals surface area contributed by atoms with Gasteiger partial charge in [0, 0.05) is 12.1 Å². The van der Waals surface area contributed by atoms with Crippen LogP contribution < -0.4 is 5.32 Å². The lowest BCUT2D eigenvalue weighted by molar-refractivity contribution is 0.0635. The van der Waals surface area contributed by atoms with E-state index in [1.165, 1.54) is 6.33 Å². The lowest BCUT2D eigenvalue weighted by atomic mass is 9.87. The van der Waals surface area contributed by atoms with Crippen molar-refractivity contribution in [2.24, 2.45) is 5.41 Å². The highest BCUT2D eigenvalue weighted by atomic mass is 28.3. The molecule has 0 bridgehead atoms. The number of nitrogens with one attached hydrogen (secondary N) is 1. The van der Waals surface area contributed by atoms with E-state index < -0.39 is 20.7 Å². The van der Waals surface area contributed by atoms with Crippen molar-refractivity contribution in [1.29, 1.82) is 0 Å². The molecule has 0 aliphatic heterocycles. The summed E-state index contributed by atoms with van der Waals surface area (Å²) in [6.07, 6.45) is 2.35. The number of aryl methyl sites for hydroxylation is 2. The topological polar surface area (TPSA) is 95.3 Å². The smallest absolute Gasteiger partial charge is 0.413 e. The second-order valence-electron chi connectivity index (χ2n) is 11.6. The highest BCUT2D eigenvalue weighted by Gasteiger charge is 2.29. The van der Waals surface area contributed by atoms with Crippen molar-refractivity contribution in [2.75, 3.05) is 5.32 Å². The summed E-state index contributed by atoms with van der Waals surface area (Å²) >= 11 is 0. The van der Waals surface area contributed by atoms with Gasteiger partial charge in [-0.3, -0.25) is 10.1 Å². The van der Waals surface area contributed by atoms with E-state index >= 15 is 0 Å². The molecule has 8 nitrogen and oxygen atoms in total. The normalized spacial score (nSPS) is 13.1. The van der Waals surface area contributed by atoms with E-state index in [0.717, 1.165) is 17.4 Å². The standard InChI is InChI=1S/C28H39N4O4Si/c1-18-10-12-19(13-11-18)22-20(16-33)32(15-14-21(27(2,3)4)36-37(8)9)25-23(22)24(29-17-30-25)31-26(34)35-28(5,6)7/h10-13,16-17,21H,14-15H2,1-9H3,(H,29,30,31,34). The highest BCUT2D eigenvalue weighted by Crippen LogP contribution is 2.38. The van der Waals surface area contributed by atoms with E-state index in [1.807, 2.05) is 35.8 Å². The molecule has 199 valence electrons. The number of nitrogens with zero attached hydrogens (tertiary/aromatic N) is 3. The van der Waals surface area contributed by atoms with E-state index in [9.17, 15) is 9.59 Å². The Morgan fingerprint density at radius 1 is 1.11 bits per heavy atom. The Bertz CT molecular complexity index is 1250. The Morgan fingerprint density at radius 2 is 1.76 bits per heavy atom. The number of aldehydes is 1. The number of carbonyl (C=O) groups excluding carboxylic acids is 2. The molecule has 1 unspecified atom stereocenters. The van der Waals surface area contributed by atoms with Crippen molar-refractivity contribution in [2.45, 2.75) is 86.2 Å². The van der Waals surface area contributed by atoms with Crippen LogP contribution in [0.3, 0.4) is 0 Å². The molecular weight excluding hydrogens is 484 g/mol. The molecule has 37 heavy (non-hydrogen) atoms. The number of rotatable bonds is 8. The fourth-order valence-corrected chi connectivity index (χ4v) is 5.28. The second kappa shape index (κ2) is 11.1. The molecule has 3 aromatic rings. The SMILES string of the molecule is Cc1ccc(-c2c(C=O)n(CCC(O[Si](C)C)C(C)(C)C)c3ncnc(NC(=O)OC(C)(C)C)c23)cc1. The van der Waals surface area contributed by atoms with Gasteiger partial charge in [-0.2, -0.15) is 0 Å². The van der Waals surface area contributed by atoms with Gasteiger partial charge in [0.2, 0.25) is 9.04 Å². The first kappa shape index (κ1) is 28.5. The van der Waals surface area contributed by atoms with Crippen molar-refractivity contribution in [3.05, 3.63) is 41.9 Å². The number of amides is 1. The zero-order valence-electron chi connectivity index (χ0n) is 23.4. The van der Waals surface area contributed by atoms with E-state index in [0.29, 0.717) is 41.1 Å². The fourth-order valence-electron chi connectivity index (χ4n) is 4.24. The zero-order chi connectivity index (χ0) is 27.5. The van der Waals surface area contributed by atoms with Crippen molar-refractivity contribution in [3.8, 4) is 11.1 Å². The summed E-state index contributed by atoms with van der Waals surface area (Å²) in [5, 5.41) is 3.38. The van der Waals surface area contributed by atoms with Gasteiger partial charge >= 0.3 is 6.09 Å². The molecule has 1 radical (unpaired) electrons. The van der Waals surface area contributed by atoms with E-state index in [-0.39, 0.29) is 11.5 Å². The molecule has 2 heterocycles. The van der Waals surface area contributed by atoms with Crippen LogP contribution in [0.5, 0.6) is 0 Å². The number of carbonyl (C=O) groups is 2. The molecular formula is C28H39N4O4Si. The summed E-state index contributed by atoms with van der Waals surface area (Å²) in [5.74, 6) is 0.299. The van der Waals surface area contributed by atoms with Gasteiger partial charge < -0.3 is 13.7 Å². The average Bonchev–Trinajstić information content (AvgIpc) is 3.09. The Labute approximate surface area is 221 Å². The van der Waals surface area contributed by atoms with Crippen molar-refractivity contribution >= 4 is 38.3 Å². The maximum atomic E-state index is 12.7. The number of anilines is 1. The lowest BCUT2D eigenvalue weighted by Gasteiger charge is -2.32. The second-order valence-corrected chi connectivity index (χ2v) is 13.7. The molecule has 1 N–H and O–H groups in total. The van der Waals surface area contributed by atoms with E-state index in [4.69, 9.17) is 9.16 Å². The maximum Gasteiger partial charge on any atom is 0.413 e. The molecule has 0 aliphatic carbocycles. The summed E-state index contributed by atoms with van der Waals surface area (Å²) in [6, 6.07) is 7.92. The fraction of sp³-hybridized carbons (Fsp3) is 0.500. The molecule has 0 spiro atoms. The Kier molecular flexibility index (Phi) is 8.59. The van der Waals surface area contributed by atoms with Crippen LogP contribution in [0.2, 0.25) is 13.1 Å². The Balaban J connectivity index is 2.18. The van der Waals surface area contributed by atoms with Crippen molar-refractivity contribution in [3.63, 3.8) is 0 Å². The third-order valence-corrected chi connectivity index (χ3v) is 6.67. The molecule has 2 aromatic heterocycles. The van der Waals surface area contributed by atoms with Crippen LogP contribution in [-0.4, -0.2) is 47.7 Å². The summed E-state index contributed by atoms with van der Waals surface area (Å²) < 4.78 is 13.7. The van der Waals surface area contributed by atoms with Gasteiger partial charge in [0.25, 0.3) is 0 Å². The third-order valence-electron chi connectivity index (χ3n) is 5.91. The molecule has 0 saturated heterocycles. The molecule has 3 rings (SSSR count). The summed E-state index contributed by atoms with van der Waals surface area (Å²) in [5.41, 5.74) is 2.95. The summed E-state index contributed by atoms with van der Waals surface area (Å²) in [6.45, 7) is 18.7. The number of aromatic nitrogens is 3. The summed E-state index contributed by atoms with van der Waals surface area (Å²) in [7, 11) is -0.919. The predicted octanol–water partition coefficient (Wildman–Crippen LogP) is 6.64. The number of fused-ring (bicyclic) bond motifs is 1. The monoisotopic (exact) mass is 523 g/mol. The molecule has 1 amide bonds. The Hall–Kier alpha value is -3.04. The first-order chi connectivity index (χ1) is 17.2. The van der Waals surface area contributed by atoms with Gasteiger partial charge in [-0.1, -0.05) is 50.6 Å². The Morgan fingerprint density at radius 3 is 2.30 bits per heavy atom. The minimum absolute atomic E-state index is 0.0114. The van der Waals surface area contributed by atoms with Crippen LogP contribution in [-0.2, 0) is 15.7 Å². The molecule has 9 heteroatoms. The lowest BCUT2D eigenvalue weighted by Crippen LogP contribution is -2.34. The van der Waals surface area contributed by atoms with Gasteiger partial charge in [0.05, 0.1) is 17.2 Å². The number of ether oxygens (including phenoxy) is 1. The van der Waals surface area contributed by atoms with E-state index in [1.54, 1.807) is 20.8 Å². The highest BCUT2D eigenvalue weighted by molar-refractivity contribution is 6.48. The largest absolute Gasteiger partial charge is 0.444 e. The average molecular weight is 524 g/mol. The van der Waals surface area contributed by atoms with Gasteiger partial charge in [-0.05, 0) is 58.2 Å². The molecule has 1 aromatic carbocycles. The first-order valence-corrected chi connectivity index (χ1v) is 15.0. The van der Waals surface area contributed by atoms with Crippen LogP contribution in [0.1, 0.15) is 64.0 Å². The van der Waals surface area contributed by atoms with Crippen LogP contribution in [0.15, 0.2) is 30.6 Å². The first-order valence-electron chi connectivity index (χ1n) is 12.6. The molecule has 0 aliphatic rings. The van der Waals surface area contributed by atoms with Gasteiger partial charge in [0.1, 0.15) is 23.4 Å². The van der Waals surface area contributed by atoms with Crippen LogP contribution in [0.25, 0.3) is 22.2 Å². The van der Waals surface area contributed by atoms with Crippen molar-refractivity contribution < 1.29 is 18.8 Å². The van der Waals surface area contributed by atoms with Gasteiger partial charge in [0.15, 0.2) is 6.29 Å². The van der Waals surface area contributed by atoms with Gasteiger partial charge in [-0.25, -0.2) is 14.8 Å². The molecule has 0 fully saturated rings. The summed E-state index contributed by atoms with van der Waals surface area (Å²) in [4.78, 5) is 34.2. The van der Waals surface area contributed by atoms with Crippen molar-refractivity contribution in [1.82, 2.24) is 14.5 Å². The minimum Gasteiger partial charge on any atom is -0.444 e. The molecule has 1 atom stereocenters.